The first kappa shape index (κ1) is 18.6. The summed E-state index contributed by atoms with van der Waals surface area (Å²) < 4.78 is 0. The van der Waals surface area contributed by atoms with Crippen molar-refractivity contribution in [2.24, 2.45) is 17.3 Å². The maximum absolute atomic E-state index is 13.4. The number of nitrogens with zero attached hydrogens (tertiary/aromatic N) is 1. The van der Waals surface area contributed by atoms with Gasteiger partial charge < -0.3 is 15.6 Å². The number of aromatic nitrogens is 2. The number of amides is 1. The molecule has 30 heavy (non-hydrogen) atoms. The van der Waals surface area contributed by atoms with Crippen LogP contribution in [0.15, 0.2) is 48.7 Å². The maximum atomic E-state index is 13.4. The second-order valence-electron chi connectivity index (χ2n) is 8.64. The van der Waals surface area contributed by atoms with E-state index < -0.39 is 0 Å². The van der Waals surface area contributed by atoms with Crippen molar-refractivity contribution in [3.8, 4) is 11.3 Å². The molecule has 3 aromatic rings. The number of ketones is 1. The Bertz CT molecular complexity index is 1170. The van der Waals surface area contributed by atoms with Crippen LogP contribution in [-0.2, 0) is 11.2 Å². The van der Waals surface area contributed by atoms with E-state index in [4.69, 9.17) is 0 Å². The second-order valence-corrected chi connectivity index (χ2v) is 8.64. The number of anilines is 3. The number of para-hydroxylation sites is 1. The fourth-order valence-electron chi connectivity index (χ4n) is 4.93. The molecule has 0 unspecified atom stereocenters. The third-order valence-corrected chi connectivity index (χ3v) is 6.70. The summed E-state index contributed by atoms with van der Waals surface area (Å²) in [4.78, 5) is 32.6. The lowest BCUT2D eigenvalue weighted by Crippen LogP contribution is -2.19. The monoisotopic (exact) mass is 400 g/mol. The number of fused-ring (bicyclic) bond motifs is 2. The molecule has 152 valence electrons. The Morgan fingerprint density at radius 3 is 2.73 bits per heavy atom. The fourth-order valence-corrected chi connectivity index (χ4v) is 4.93. The summed E-state index contributed by atoms with van der Waals surface area (Å²) in [5.41, 5.74) is 5.19. The summed E-state index contributed by atoms with van der Waals surface area (Å²) in [6.45, 7) is 5.83. The van der Waals surface area contributed by atoms with Crippen molar-refractivity contribution in [1.82, 2.24) is 9.97 Å². The smallest absolute Gasteiger partial charge is 0.222 e. The Morgan fingerprint density at radius 2 is 2.00 bits per heavy atom. The molecule has 1 saturated carbocycles. The van der Waals surface area contributed by atoms with Crippen molar-refractivity contribution < 1.29 is 9.59 Å². The lowest BCUT2D eigenvalue weighted by atomic mass is 9.87. The van der Waals surface area contributed by atoms with Crippen molar-refractivity contribution in [1.29, 1.82) is 0 Å². The average molecular weight is 400 g/mol. The first-order valence-corrected chi connectivity index (χ1v) is 10.2. The molecule has 2 aromatic heterocycles. The number of H-pyrrole nitrogens is 1. The highest BCUT2D eigenvalue weighted by Crippen LogP contribution is 2.65. The molecule has 0 aliphatic heterocycles. The Balaban J connectivity index is 1.64. The van der Waals surface area contributed by atoms with Crippen LogP contribution >= 0.6 is 0 Å². The largest absolute Gasteiger partial charge is 0.356 e. The van der Waals surface area contributed by atoms with Gasteiger partial charge >= 0.3 is 0 Å². The SMILES string of the molecule is CC(=O)Nc1cc(-c2[nH]c3c(c2Nc2ccccc2)C(=O)[C@@H]2[C@H](C)[C@]2(C)C3)ccn1. The van der Waals surface area contributed by atoms with E-state index in [9.17, 15) is 9.59 Å². The number of benzene rings is 1. The molecule has 2 aliphatic rings. The molecule has 1 aromatic carbocycles. The predicted octanol–water partition coefficient (Wildman–Crippen LogP) is 4.79. The van der Waals surface area contributed by atoms with E-state index in [1.165, 1.54) is 6.92 Å². The number of carbonyl (C=O) groups is 2. The van der Waals surface area contributed by atoms with Crippen LogP contribution in [0, 0.1) is 17.3 Å². The third kappa shape index (κ3) is 2.83. The van der Waals surface area contributed by atoms with Gasteiger partial charge in [-0.15, -0.1) is 0 Å². The molecule has 0 radical (unpaired) electrons. The molecule has 0 spiro atoms. The van der Waals surface area contributed by atoms with Crippen LogP contribution in [-0.4, -0.2) is 21.7 Å². The van der Waals surface area contributed by atoms with Crippen molar-refractivity contribution >= 4 is 28.9 Å². The van der Waals surface area contributed by atoms with Crippen LogP contribution in [0.5, 0.6) is 0 Å². The van der Waals surface area contributed by atoms with Gasteiger partial charge in [-0.3, -0.25) is 9.59 Å². The number of aromatic amines is 1. The highest BCUT2D eigenvalue weighted by atomic mass is 16.1. The van der Waals surface area contributed by atoms with Gasteiger partial charge in [0.15, 0.2) is 5.78 Å². The molecule has 3 N–H and O–H groups in total. The number of hydrogen-bond acceptors (Lipinski definition) is 4. The standard InChI is InChI=1S/C24H24N4O2/c1-13-20-23(30)19-17(12-24(13,20)3)28-21(22(19)27-16-7-5-4-6-8-16)15-9-10-25-18(11-15)26-14(2)29/h4-11,13,20,27-28H,12H2,1-3H3,(H,25,26,29)/t13-,20-,24-/m0/s1. The predicted molar refractivity (Wildman–Crippen MR) is 117 cm³/mol. The Hall–Kier alpha value is -3.41. The van der Waals surface area contributed by atoms with Crippen molar-refractivity contribution in [3.05, 3.63) is 59.9 Å². The van der Waals surface area contributed by atoms with E-state index in [2.05, 4.69) is 34.4 Å². The van der Waals surface area contributed by atoms with Gasteiger partial charge in [-0.05, 0) is 42.0 Å². The zero-order valence-corrected chi connectivity index (χ0v) is 17.2. The van der Waals surface area contributed by atoms with Gasteiger partial charge in [-0.2, -0.15) is 0 Å². The maximum Gasteiger partial charge on any atom is 0.222 e. The lowest BCUT2D eigenvalue weighted by Gasteiger charge is -2.18. The van der Waals surface area contributed by atoms with Crippen LogP contribution in [0.3, 0.4) is 0 Å². The van der Waals surface area contributed by atoms with Crippen molar-refractivity contribution in [3.63, 3.8) is 0 Å². The van der Waals surface area contributed by atoms with E-state index in [0.717, 1.165) is 40.3 Å². The number of pyridine rings is 1. The van der Waals surface area contributed by atoms with E-state index in [0.29, 0.717) is 11.7 Å². The third-order valence-electron chi connectivity index (χ3n) is 6.70. The Labute approximate surface area is 175 Å². The quantitative estimate of drug-likeness (QED) is 0.588. The molecular weight excluding hydrogens is 376 g/mol. The van der Waals surface area contributed by atoms with Gasteiger partial charge in [-0.25, -0.2) is 4.98 Å². The minimum Gasteiger partial charge on any atom is -0.356 e. The summed E-state index contributed by atoms with van der Waals surface area (Å²) in [6, 6.07) is 13.6. The van der Waals surface area contributed by atoms with Crippen LogP contribution in [0.25, 0.3) is 11.3 Å². The van der Waals surface area contributed by atoms with Gasteiger partial charge in [0.05, 0.1) is 16.9 Å². The minimum absolute atomic E-state index is 0.0375. The normalized spacial score (nSPS) is 24.0. The zero-order valence-electron chi connectivity index (χ0n) is 17.2. The van der Waals surface area contributed by atoms with Crippen LogP contribution < -0.4 is 10.6 Å². The molecule has 0 saturated heterocycles. The second kappa shape index (κ2) is 6.55. The van der Waals surface area contributed by atoms with E-state index >= 15 is 0 Å². The molecule has 2 aliphatic carbocycles. The number of rotatable bonds is 4. The summed E-state index contributed by atoms with van der Waals surface area (Å²) >= 11 is 0. The summed E-state index contributed by atoms with van der Waals surface area (Å²) in [5.74, 6) is 0.991. The molecule has 6 nitrogen and oxygen atoms in total. The van der Waals surface area contributed by atoms with Crippen LogP contribution in [0.1, 0.15) is 36.8 Å². The van der Waals surface area contributed by atoms with Gasteiger partial charge in [-0.1, -0.05) is 32.0 Å². The van der Waals surface area contributed by atoms with Crippen LogP contribution in [0.2, 0.25) is 0 Å². The minimum atomic E-state index is -0.176. The first-order valence-electron chi connectivity index (χ1n) is 10.2. The Kier molecular flexibility index (Phi) is 4.07. The van der Waals surface area contributed by atoms with E-state index in [1.54, 1.807) is 6.20 Å². The molecule has 1 fully saturated rings. The highest BCUT2D eigenvalue weighted by molar-refractivity contribution is 6.10. The number of Topliss-reactive ketones (excluding diaryl/α,β-unsaturated/α-hetero) is 1. The van der Waals surface area contributed by atoms with Gasteiger partial charge in [0.1, 0.15) is 5.82 Å². The average Bonchev–Trinajstić information content (AvgIpc) is 3.08. The molecular formula is C24H24N4O2. The Morgan fingerprint density at radius 1 is 1.23 bits per heavy atom. The molecule has 6 heteroatoms. The van der Waals surface area contributed by atoms with Crippen molar-refractivity contribution in [2.75, 3.05) is 10.6 Å². The topological polar surface area (TPSA) is 86.9 Å². The van der Waals surface area contributed by atoms with Crippen LogP contribution in [0.4, 0.5) is 17.2 Å². The fraction of sp³-hybridized carbons (Fsp3) is 0.292. The first-order chi connectivity index (χ1) is 14.4. The van der Waals surface area contributed by atoms with E-state index in [1.807, 2.05) is 42.5 Å². The summed E-state index contributed by atoms with van der Waals surface area (Å²) in [7, 11) is 0. The highest BCUT2D eigenvalue weighted by Gasteiger charge is 2.65. The summed E-state index contributed by atoms with van der Waals surface area (Å²) in [5, 5.41) is 6.21. The molecule has 5 rings (SSSR count). The van der Waals surface area contributed by atoms with Gasteiger partial charge in [0, 0.05) is 36.0 Å². The number of hydrogen-bond donors (Lipinski definition) is 3. The molecule has 0 bridgehead atoms. The van der Waals surface area contributed by atoms with E-state index in [-0.39, 0.29) is 23.0 Å². The summed E-state index contributed by atoms with van der Waals surface area (Å²) in [6.07, 6.45) is 2.52. The molecule has 3 atom stereocenters. The molecule has 2 heterocycles. The lowest BCUT2D eigenvalue weighted by molar-refractivity contribution is -0.114. The van der Waals surface area contributed by atoms with Gasteiger partial charge in [0.2, 0.25) is 5.91 Å². The zero-order chi connectivity index (χ0) is 21.0. The number of nitrogens with one attached hydrogen (secondary N) is 3. The van der Waals surface area contributed by atoms with Gasteiger partial charge in [0.25, 0.3) is 0 Å². The number of carbonyl (C=O) groups excluding carboxylic acids is 2. The van der Waals surface area contributed by atoms with Crippen molar-refractivity contribution in [2.45, 2.75) is 27.2 Å². The molecule has 1 amide bonds.